The molecule has 1 aromatic rings. The molecule has 0 aliphatic carbocycles. The Morgan fingerprint density at radius 2 is 2.04 bits per heavy atom. The summed E-state index contributed by atoms with van der Waals surface area (Å²) in [7, 11) is 0. The van der Waals surface area contributed by atoms with E-state index in [-0.39, 0.29) is 36.1 Å². The maximum absolute atomic E-state index is 13.2. The van der Waals surface area contributed by atoms with Crippen LogP contribution in [0.4, 0.5) is 4.39 Å². The maximum Gasteiger partial charge on any atom is 0.239 e. The van der Waals surface area contributed by atoms with Crippen LogP contribution >= 0.6 is 11.8 Å². The minimum atomic E-state index is -0.374. The number of nitrogens with zero attached hydrogens (tertiary/aromatic N) is 1. The molecule has 0 bridgehead atoms. The maximum atomic E-state index is 13.2. The molecule has 2 aliphatic rings. The molecule has 2 aliphatic heterocycles. The van der Waals surface area contributed by atoms with Gasteiger partial charge in [0.25, 0.3) is 0 Å². The van der Waals surface area contributed by atoms with Gasteiger partial charge in [-0.3, -0.25) is 14.5 Å². The second kappa shape index (κ2) is 9.52. The number of rotatable bonds is 7. The lowest BCUT2D eigenvalue weighted by atomic mass is 9.95. The van der Waals surface area contributed by atoms with E-state index in [1.807, 2.05) is 11.8 Å². The van der Waals surface area contributed by atoms with Gasteiger partial charge in [0.05, 0.1) is 26.2 Å². The Hall–Kier alpha value is -1.64. The van der Waals surface area contributed by atoms with Gasteiger partial charge in [0.2, 0.25) is 11.8 Å². The van der Waals surface area contributed by atoms with Gasteiger partial charge in [0.1, 0.15) is 5.82 Å². The fraction of sp³-hybridized carbons (Fsp3) is 0.579. The third-order valence-electron chi connectivity index (χ3n) is 5.08. The molecule has 148 valence electrons. The van der Waals surface area contributed by atoms with Gasteiger partial charge in [-0.1, -0.05) is 12.1 Å². The van der Waals surface area contributed by atoms with Crippen molar-refractivity contribution in [1.82, 2.24) is 15.5 Å². The van der Waals surface area contributed by atoms with Crippen molar-refractivity contribution < 1.29 is 18.7 Å². The Balaban J connectivity index is 1.43. The average molecular weight is 396 g/mol. The lowest BCUT2D eigenvalue weighted by Crippen LogP contribution is -2.59. The van der Waals surface area contributed by atoms with Gasteiger partial charge in [-0.2, -0.15) is 11.8 Å². The standard InChI is InChI=1S/C19H26FN3O3S/c20-16-3-1-2-15(10-16)11-17(24)21-12-18(25)22-13-19(4-9-27-14-19)23-5-7-26-8-6-23/h1-3,10H,4-9,11-14H2,(H,21,24)(H,22,25). The van der Waals surface area contributed by atoms with E-state index in [2.05, 4.69) is 15.5 Å². The summed E-state index contributed by atoms with van der Waals surface area (Å²) in [6, 6.07) is 5.91. The highest BCUT2D eigenvalue weighted by atomic mass is 32.2. The quantitative estimate of drug-likeness (QED) is 0.715. The fourth-order valence-electron chi connectivity index (χ4n) is 3.53. The van der Waals surface area contributed by atoms with Crippen LogP contribution < -0.4 is 10.6 Å². The van der Waals surface area contributed by atoms with Crippen LogP contribution in [0.1, 0.15) is 12.0 Å². The summed E-state index contributed by atoms with van der Waals surface area (Å²) in [5, 5.41) is 5.59. The van der Waals surface area contributed by atoms with Crippen LogP contribution in [-0.2, 0) is 20.7 Å². The number of hydrogen-bond acceptors (Lipinski definition) is 5. The third kappa shape index (κ3) is 5.67. The number of benzene rings is 1. The first-order valence-electron chi connectivity index (χ1n) is 9.26. The van der Waals surface area contributed by atoms with E-state index in [1.165, 1.54) is 12.1 Å². The molecule has 3 rings (SSSR count). The smallest absolute Gasteiger partial charge is 0.239 e. The zero-order valence-electron chi connectivity index (χ0n) is 15.3. The number of morpholine rings is 1. The Labute approximate surface area is 163 Å². The van der Waals surface area contributed by atoms with Gasteiger partial charge < -0.3 is 15.4 Å². The van der Waals surface area contributed by atoms with Crippen molar-refractivity contribution in [2.24, 2.45) is 0 Å². The highest BCUT2D eigenvalue weighted by Crippen LogP contribution is 2.33. The molecule has 0 spiro atoms. The van der Waals surface area contributed by atoms with Gasteiger partial charge in [-0.05, 0) is 29.9 Å². The number of amides is 2. The lowest BCUT2D eigenvalue weighted by molar-refractivity contribution is -0.126. The van der Waals surface area contributed by atoms with Crippen molar-refractivity contribution in [2.45, 2.75) is 18.4 Å². The number of hydrogen-bond donors (Lipinski definition) is 2. The lowest BCUT2D eigenvalue weighted by Gasteiger charge is -2.43. The second-order valence-electron chi connectivity index (χ2n) is 6.99. The van der Waals surface area contributed by atoms with Crippen LogP contribution in [0, 0.1) is 5.82 Å². The molecule has 0 aromatic heterocycles. The largest absolute Gasteiger partial charge is 0.379 e. The SMILES string of the molecule is O=C(CNC(=O)Cc1cccc(F)c1)NCC1(N2CCOCC2)CCSC1. The zero-order chi connectivity index (χ0) is 19.1. The monoisotopic (exact) mass is 395 g/mol. The van der Waals surface area contributed by atoms with Gasteiger partial charge in [0.15, 0.2) is 0 Å². The molecule has 0 saturated carbocycles. The molecule has 6 nitrogen and oxygen atoms in total. The van der Waals surface area contributed by atoms with Crippen LogP contribution in [0.15, 0.2) is 24.3 Å². The van der Waals surface area contributed by atoms with E-state index in [1.54, 1.807) is 12.1 Å². The van der Waals surface area contributed by atoms with E-state index in [9.17, 15) is 14.0 Å². The summed E-state index contributed by atoms with van der Waals surface area (Å²) in [6.45, 7) is 3.76. The minimum absolute atomic E-state index is 0.0182. The van der Waals surface area contributed by atoms with Gasteiger partial charge >= 0.3 is 0 Å². The summed E-state index contributed by atoms with van der Waals surface area (Å²) >= 11 is 1.91. The van der Waals surface area contributed by atoms with E-state index >= 15 is 0 Å². The van der Waals surface area contributed by atoms with Crippen molar-refractivity contribution in [2.75, 3.05) is 50.9 Å². The van der Waals surface area contributed by atoms with Crippen molar-refractivity contribution in [3.63, 3.8) is 0 Å². The van der Waals surface area contributed by atoms with Crippen LogP contribution in [0.2, 0.25) is 0 Å². The van der Waals surface area contributed by atoms with Crippen molar-refractivity contribution in [1.29, 1.82) is 0 Å². The molecule has 1 unspecified atom stereocenters. The zero-order valence-corrected chi connectivity index (χ0v) is 16.2. The molecule has 2 N–H and O–H groups in total. The van der Waals surface area contributed by atoms with Crippen LogP contribution in [0.5, 0.6) is 0 Å². The van der Waals surface area contributed by atoms with E-state index in [0.29, 0.717) is 12.1 Å². The minimum Gasteiger partial charge on any atom is -0.379 e. The molecule has 2 amide bonds. The van der Waals surface area contributed by atoms with Crippen LogP contribution in [0.25, 0.3) is 0 Å². The highest BCUT2D eigenvalue weighted by molar-refractivity contribution is 7.99. The van der Waals surface area contributed by atoms with Gasteiger partial charge in [-0.15, -0.1) is 0 Å². The number of nitrogens with one attached hydrogen (secondary N) is 2. The fourth-order valence-corrected chi connectivity index (χ4v) is 5.01. The molecule has 1 aromatic carbocycles. The predicted molar refractivity (Wildman–Crippen MR) is 103 cm³/mol. The Kier molecular flexibility index (Phi) is 7.09. The highest BCUT2D eigenvalue weighted by Gasteiger charge is 2.40. The molecule has 2 fully saturated rings. The summed E-state index contributed by atoms with van der Waals surface area (Å²) in [6.07, 6.45) is 1.10. The summed E-state index contributed by atoms with van der Waals surface area (Å²) in [5.74, 6) is 1.22. The molecule has 2 heterocycles. The number of ether oxygens (including phenoxy) is 1. The van der Waals surface area contributed by atoms with Crippen LogP contribution in [-0.4, -0.2) is 73.2 Å². The summed E-state index contributed by atoms with van der Waals surface area (Å²) < 4.78 is 18.6. The topological polar surface area (TPSA) is 70.7 Å². The second-order valence-corrected chi connectivity index (χ2v) is 8.09. The number of halogens is 1. The Morgan fingerprint density at radius 3 is 2.74 bits per heavy atom. The van der Waals surface area contributed by atoms with E-state index in [4.69, 9.17) is 4.74 Å². The molecular formula is C19H26FN3O3S. The first kappa shape index (κ1) is 20.1. The first-order chi connectivity index (χ1) is 13.1. The van der Waals surface area contributed by atoms with Crippen molar-refractivity contribution in [3.8, 4) is 0 Å². The van der Waals surface area contributed by atoms with Crippen LogP contribution in [0.3, 0.4) is 0 Å². The predicted octanol–water partition coefficient (Wildman–Crippen LogP) is 0.808. The number of thioether (sulfide) groups is 1. The Bertz CT molecular complexity index is 661. The van der Waals surface area contributed by atoms with Gasteiger partial charge in [-0.25, -0.2) is 4.39 Å². The number of carbonyl (C=O) groups excluding carboxylic acids is 2. The van der Waals surface area contributed by atoms with Gasteiger partial charge in [0, 0.05) is 30.9 Å². The first-order valence-corrected chi connectivity index (χ1v) is 10.4. The number of carbonyl (C=O) groups is 2. The molecule has 8 heteroatoms. The molecule has 1 atom stereocenters. The van der Waals surface area contributed by atoms with E-state index in [0.717, 1.165) is 44.2 Å². The van der Waals surface area contributed by atoms with Crippen molar-refractivity contribution >= 4 is 23.6 Å². The van der Waals surface area contributed by atoms with Crippen molar-refractivity contribution in [3.05, 3.63) is 35.6 Å². The molecule has 2 saturated heterocycles. The third-order valence-corrected chi connectivity index (χ3v) is 6.31. The molecule has 27 heavy (non-hydrogen) atoms. The normalized spacial score (nSPS) is 23.1. The summed E-state index contributed by atoms with van der Waals surface area (Å²) in [4.78, 5) is 26.6. The molecular weight excluding hydrogens is 369 g/mol. The average Bonchev–Trinajstić information content (AvgIpc) is 3.16. The van der Waals surface area contributed by atoms with E-state index < -0.39 is 0 Å². The summed E-state index contributed by atoms with van der Waals surface area (Å²) in [5.41, 5.74) is 0.567. The molecule has 0 radical (unpaired) electrons. The Morgan fingerprint density at radius 1 is 1.22 bits per heavy atom.